The van der Waals surface area contributed by atoms with Crippen molar-refractivity contribution < 1.29 is 9.72 Å². The molecule has 0 fully saturated rings. The van der Waals surface area contributed by atoms with Gasteiger partial charge in [0.2, 0.25) is 0 Å². The van der Waals surface area contributed by atoms with Gasteiger partial charge in [-0.05, 0) is 37.1 Å². The Bertz CT molecular complexity index is 782. The quantitative estimate of drug-likeness (QED) is 0.618. The Morgan fingerprint density at radius 1 is 1.16 bits per heavy atom. The lowest BCUT2D eigenvalue weighted by Crippen LogP contribution is -2.39. The van der Waals surface area contributed by atoms with Gasteiger partial charge in [0.1, 0.15) is 0 Å². The Morgan fingerprint density at radius 3 is 2.44 bits per heavy atom. The first kappa shape index (κ1) is 18.7. The number of nitro benzene ring substituents is 1. The number of nitrogens with one attached hydrogen (secondary N) is 1. The van der Waals surface area contributed by atoms with Crippen LogP contribution >= 0.6 is 11.6 Å². The third-order valence-electron chi connectivity index (χ3n) is 4.15. The van der Waals surface area contributed by atoms with Crippen molar-refractivity contribution in [1.29, 1.82) is 0 Å². The van der Waals surface area contributed by atoms with Crippen LogP contribution in [-0.4, -0.2) is 22.9 Å². The molecule has 0 bridgehead atoms. The van der Waals surface area contributed by atoms with E-state index in [1.165, 1.54) is 12.1 Å². The number of amides is 2. The van der Waals surface area contributed by atoms with Gasteiger partial charge in [-0.2, -0.15) is 0 Å². The molecule has 2 unspecified atom stereocenters. The fourth-order valence-corrected chi connectivity index (χ4v) is 2.64. The molecule has 0 aliphatic rings. The van der Waals surface area contributed by atoms with Gasteiger partial charge >= 0.3 is 6.03 Å². The number of nitro groups is 1. The van der Waals surface area contributed by atoms with E-state index >= 15 is 0 Å². The topological polar surface area (TPSA) is 75.5 Å². The van der Waals surface area contributed by atoms with Crippen LogP contribution in [0, 0.1) is 10.1 Å². The molecule has 0 radical (unpaired) electrons. The van der Waals surface area contributed by atoms with Crippen molar-refractivity contribution in [1.82, 2.24) is 10.2 Å². The molecule has 2 rings (SSSR count). The smallest absolute Gasteiger partial charge is 0.318 e. The molecule has 7 heteroatoms. The minimum Gasteiger partial charge on any atom is -0.331 e. The van der Waals surface area contributed by atoms with E-state index in [1.54, 1.807) is 37.1 Å². The number of urea groups is 1. The average Bonchev–Trinajstić information content (AvgIpc) is 2.60. The second-order valence-electron chi connectivity index (χ2n) is 5.87. The molecule has 0 heterocycles. The average molecular weight is 362 g/mol. The number of nitrogens with zero attached hydrogens (tertiary/aromatic N) is 2. The van der Waals surface area contributed by atoms with Gasteiger partial charge in [0.05, 0.1) is 17.0 Å². The molecule has 2 aromatic carbocycles. The number of hydrogen-bond donors (Lipinski definition) is 1. The second kappa shape index (κ2) is 7.98. The summed E-state index contributed by atoms with van der Waals surface area (Å²) in [6.07, 6.45) is 0. The predicted octanol–water partition coefficient (Wildman–Crippen LogP) is 4.71. The van der Waals surface area contributed by atoms with Crippen LogP contribution in [0.2, 0.25) is 5.02 Å². The maximum atomic E-state index is 12.5. The molecule has 0 aliphatic carbocycles. The molecule has 0 saturated heterocycles. The molecule has 6 nitrogen and oxygen atoms in total. The fourth-order valence-electron chi connectivity index (χ4n) is 2.44. The number of benzene rings is 2. The molecule has 0 aromatic heterocycles. The summed E-state index contributed by atoms with van der Waals surface area (Å²) in [5.41, 5.74) is 1.60. The van der Waals surface area contributed by atoms with E-state index in [4.69, 9.17) is 11.6 Å². The van der Waals surface area contributed by atoms with Crippen molar-refractivity contribution in [3.8, 4) is 0 Å². The van der Waals surface area contributed by atoms with Crippen LogP contribution in [0.15, 0.2) is 48.5 Å². The lowest BCUT2D eigenvalue weighted by atomic mass is 10.1. The van der Waals surface area contributed by atoms with Crippen molar-refractivity contribution in [3.63, 3.8) is 0 Å². The lowest BCUT2D eigenvalue weighted by Gasteiger charge is -2.27. The van der Waals surface area contributed by atoms with Crippen LogP contribution in [0.5, 0.6) is 0 Å². The van der Waals surface area contributed by atoms with Crippen molar-refractivity contribution in [3.05, 3.63) is 74.8 Å². The summed E-state index contributed by atoms with van der Waals surface area (Å²) in [6.45, 7) is 3.69. The molecule has 2 atom stereocenters. The predicted molar refractivity (Wildman–Crippen MR) is 97.7 cm³/mol. The zero-order valence-electron chi connectivity index (χ0n) is 14.3. The van der Waals surface area contributed by atoms with Crippen LogP contribution in [0.3, 0.4) is 0 Å². The maximum Gasteiger partial charge on any atom is 0.318 e. The minimum absolute atomic E-state index is 0.000695. The zero-order chi connectivity index (χ0) is 18.6. The molecular weight excluding hydrogens is 342 g/mol. The van der Waals surface area contributed by atoms with Crippen molar-refractivity contribution >= 4 is 23.3 Å². The number of carbonyl (C=O) groups is 1. The van der Waals surface area contributed by atoms with Gasteiger partial charge in [-0.3, -0.25) is 10.1 Å². The van der Waals surface area contributed by atoms with Crippen LogP contribution in [0.1, 0.15) is 37.1 Å². The highest BCUT2D eigenvalue weighted by Crippen LogP contribution is 2.23. The molecule has 0 saturated carbocycles. The molecule has 0 spiro atoms. The van der Waals surface area contributed by atoms with E-state index in [-0.39, 0.29) is 23.8 Å². The number of non-ortho nitro benzene ring substituents is 1. The minimum atomic E-state index is -0.453. The monoisotopic (exact) mass is 361 g/mol. The molecule has 132 valence electrons. The summed E-state index contributed by atoms with van der Waals surface area (Å²) >= 11 is 6.00. The first-order chi connectivity index (χ1) is 11.8. The largest absolute Gasteiger partial charge is 0.331 e. The van der Waals surface area contributed by atoms with Gasteiger partial charge in [-0.25, -0.2) is 4.79 Å². The third kappa shape index (κ3) is 4.70. The Hall–Kier alpha value is -2.60. The van der Waals surface area contributed by atoms with E-state index in [0.717, 1.165) is 5.56 Å². The van der Waals surface area contributed by atoms with Gasteiger partial charge in [0.15, 0.2) is 0 Å². The van der Waals surface area contributed by atoms with Crippen LogP contribution in [0.4, 0.5) is 10.5 Å². The number of hydrogen-bond acceptors (Lipinski definition) is 3. The van der Waals surface area contributed by atoms with Crippen molar-refractivity contribution in [2.75, 3.05) is 7.05 Å². The Labute approximate surface area is 151 Å². The van der Waals surface area contributed by atoms with Gasteiger partial charge in [0, 0.05) is 24.2 Å². The number of halogens is 1. The van der Waals surface area contributed by atoms with E-state index in [1.807, 2.05) is 25.1 Å². The Morgan fingerprint density at radius 2 is 1.80 bits per heavy atom. The van der Waals surface area contributed by atoms with Crippen LogP contribution in [0.25, 0.3) is 0 Å². The molecule has 1 N–H and O–H groups in total. The summed E-state index contributed by atoms with van der Waals surface area (Å²) in [4.78, 5) is 24.5. The molecule has 0 aliphatic heterocycles. The van der Waals surface area contributed by atoms with Crippen LogP contribution in [-0.2, 0) is 0 Å². The summed E-state index contributed by atoms with van der Waals surface area (Å²) in [5.74, 6) is 0. The summed E-state index contributed by atoms with van der Waals surface area (Å²) in [6, 6.07) is 12.8. The van der Waals surface area contributed by atoms with Gasteiger partial charge < -0.3 is 10.2 Å². The molecule has 2 amide bonds. The highest BCUT2D eigenvalue weighted by atomic mass is 35.5. The van der Waals surface area contributed by atoms with Gasteiger partial charge in [-0.1, -0.05) is 35.9 Å². The van der Waals surface area contributed by atoms with Crippen molar-refractivity contribution in [2.24, 2.45) is 0 Å². The van der Waals surface area contributed by atoms with Crippen LogP contribution < -0.4 is 5.32 Å². The zero-order valence-corrected chi connectivity index (χ0v) is 15.0. The lowest BCUT2D eigenvalue weighted by molar-refractivity contribution is -0.384. The van der Waals surface area contributed by atoms with E-state index in [2.05, 4.69) is 5.32 Å². The standard InChI is InChI=1S/C18H20ClN3O3/c1-12(14-6-5-9-17(11-14)22(24)25)20-18(23)21(3)13(2)15-7-4-8-16(19)10-15/h4-13H,1-3H3,(H,20,23). The normalized spacial score (nSPS) is 13.0. The summed E-state index contributed by atoms with van der Waals surface area (Å²) < 4.78 is 0. The van der Waals surface area contributed by atoms with E-state index < -0.39 is 4.92 Å². The second-order valence-corrected chi connectivity index (χ2v) is 6.30. The SMILES string of the molecule is CC(NC(=O)N(C)C(C)c1cccc(Cl)c1)c1cccc([N+](=O)[O-])c1. The molecular formula is C18H20ClN3O3. The maximum absolute atomic E-state index is 12.5. The van der Waals surface area contributed by atoms with E-state index in [9.17, 15) is 14.9 Å². The third-order valence-corrected chi connectivity index (χ3v) is 4.39. The fraction of sp³-hybridized carbons (Fsp3) is 0.278. The van der Waals surface area contributed by atoms with Gasteiger partial charge in [-0.15, -0.1) is 0 Å². The highest BCUT2D eigenvalue weighted by Gasteiger charge is 2.20. The Balaban J connectivity index is 2.07. The van der Waals surface area contributed by atoms with E-state index in [0.29, 0.717) is 10.6 Å². The Kier molecular flexibility index (Phi) is 5.98. The first-order valence-electron chi connectivity index (χ1n) is 7.82. The number of carbonyl (C=O) groups excluding carboxylic acids is 1. The molecule has 2 aromatic rings. The first-order valence-corrected chi connectivity index (χ1v) is 8.20. The van der Waals surface area contributed by atoms with Crippen molar-refractivity contribution in [2.45, 2.75) is 25.9 Å². The summed E-state index contributed by atoms with van der Waals surface area (Å²) in [5, 5.41) is 14.4. The number of rotatable bonds is 5. The summed E-state index contributed by atoms with van der Waals surface area (Å²) in [7, 11) is 1.70. The molecule has 25 heavy (non-hydrogen) atoms. The highest BCUT2D eigenvalue weighted by molar-refractivity contribution is 6.30. The van der Waals surface area contributed by atoms with Gasteiger partial charge in [0.25, 0.3) is 5.69 Å².